The molecule has 10 atom stereocenters. The number of fused-ring (bicyclic) bond motifs is 2. The number of hydrogen-bond acceptors (Lipinski definition) is 7. The summed E-state index contributed by atoms with van der Waals surface area (Å²) < 4.78 is 11.1. The highest BCUT2D eigenvalue weighted by molar-refractivity contribution is 5.99. The lowest BCUT2D eigenvalue weighted by Crippen LogP contribution is -2.77. The lowest BCUT2D eigenvalue weighted by Gasteiger charge is -2.69. The number of carbonyl (C=O) groups excluding carboxylic acids is 2. The number of esters is 1. The van der Waals surface area contributed by atoms with Crippen molar-refractivity contribution in [1.82, 2.24) is 0 Å². The van der Waals surface area contributed by atoms with Gasteiger partial charge in [-0.25, -0.2) is 0 Å². The van der Waals surface area contributed by atoms with E-state index in [1.807, 2.05) is 20.8 Å². The topological polar surface area (TPSA) is 113 Å². The smallest absolute Gasteiger partial charge is 0.306 e. The van der Waals surface area contributed by atoms with Crippen LogP contribution < -0.4 is 0 Å². The first kappa shape index (κ1) is 19.9. The number of allylic oxidation sites excluding steroid dienone is 2. The molecule has 1 aliphatic heterocycles. The van der Waals surface area contributed by atoms with Gasteiger partial charge in [-0.15, -0.1) is 0 Å². The number of hydrogen-bond donors (Lipinski definition) is 3. The van der Waals surface area contributed by atoms with Gasteiger partial charge in [0.1, 0.15) is 12.2 Å². The Morgan fingerprint density at radius 3 is 2.46 bits per heavy atom. The van der Waals surface area contributed by atoms with Gasteiger partial charge < -0.3 is 24.8 Å². The maximum absolute atomic E-state index is 13.5. The second-order valence-corrected chi connectivity index (χ2v) is 9.79. The van der Waals surface area contributed by atoms with Crippen LogP contribution >= 0.6 is 0 Å². The number of methoxy groups -OCH3 is 1. The Kier molecular flexibility index (Phi) is 4.11. The van der Waals surface area contributed by atoms with Gasteiger partial charge in [-0.3, -0.25) is 9.59 Å². The largest absolute Gasteiger partial charge is 0.493 e. The minimum atomic E-state index is -1.67. The minimum Gasteiger partial charge on any atom is -0.493 e. The van der Waals surface area contributed by atoms with E-state index in [0.717, 1.165) is 0 Å². The molecular weight excluding hydrogens is 364 g/mol. The van der Waals surface area contributed by atoms with Crippen LogP contribution in [-0.2, 0) is 19.1 Å². The number of ketones is 1. The van der Waals surface area contributed by atoms with E-state index in [2.05, 4.69) is 0 Å². The van der Waals surface area contributed by atoms with E-state index in [4.69, 9.17) is 9.47 Å². The van der Waals surface area contributed by atoms with E-state index in [-0.39, 0.29) is 29.8 Å². The zero-order chi connectivity index (χ0) is 20.8. The molecule has 3 fully saturated rings. The van der Waals surface area contributed by atoms with Gasteiger partial charge in [0.2, 0.25) is 5.78 Å². The molecule has 4 aliphatic rings. The van der Waals surface area contributed by atoms with Crippen molar-refractivity contribution in [3.8, 4) is 0 Å². The fourth-order valence-corrected chi connectivity index (χ4v) is 7.24. The Labute approximate surface area is 164 Å². The highest BCUT2D eigenvalue weighted by Crippen LogP contribution is 2.68. The van der Waals surface area contributed by atoms with Crippen LogP contribution in [0.2, 0.25) is 0 Å². The highest BCUT2D eigenvalue weighted by atomic mass is 16.5. The van der Waals surface area contributed by atoms with Crippen LogP contribution in [0.5, 0.6) is 0 Å². The molecule has 156 valence electrons. The summed E-state index contributed by atoms with van der Waals surface area (Å²) in [7, 11) is 1.45. The maximum atomic E-state index is 13.5. The van der Waals surface area contributed by atoms with E-state index in [9.17, 15) is 24.9 Å². The summed E-state index contributed by atoms with van der Waals surface area (Å²) in [5, 5.41) is 33.1. The average molecular weight is 394 g/mol. The van der Waals surface area contributed by atoms with E-state index in [0.29, 0.717) is 6.42 Å². The summed E-state index contributed by atoms with van der Waals surface area (Å²) in [5.74, 6) is -1.89. The Hall–Kier alpha value is -1.44. The van der Waals surface area contributed by atoms with Gasteiger partial charge in [0.15, 0.2) is 5.76 Å². The fraction of sp³-hybridized carbons (Fsp3) is 0.810. The van der Waals surface area contributed by atoms with E-state index in [1.165, 1.54) is 14.0 Å². The van der Waals surface area contributed by atoms with Gasteiger partial charge >= 0.3 is 5.97 Å². The van der Waals surface area contributed by atoms with E-state index >= 15 is 0 Å². The molecule has 7 nitrogen and oxygen atoms in total. The molecule has 7 heteroatoms. The molecule has 0 aromatic rings. The number of carbonyl (C=O) groups is 2. The Balaban J connectivity index is 1.95. The molecule has 0 spiro atoms. The Bertz CT molecular complexity index is 758. The monoisotopic (exact) mass is 394 g/mol. The molecule has 0 amide bonds. The van der Waals surface area contributed by atoms with Crippen molar-refractivity contribution < 1.29 is 34.4 Å². The first-order valence-electron chi connectivity index (χ1n) is 10.00. The standard InChI is InChI=1S/C21H30O7/c1-9-6-11(27-5)17(24)19(2)10(9)7-13-20(3)12(8-14(22)28-13)21(4,26)18(25)15(23)16(19)20/h6,9-10,12-13,15-16,18,23,25-26H,7-8H2,1-5H3/t9-,10-,12-,13-,15+,16-,18-,19+,20-,21+/m1/s1. The zero-order valence-corrected chi connectivity index (χ0v) is 17.0. The third kappa shape index (κ3) is 2.10. The highest BCUT2D eigenvalue weighted by Gasteiger charge is 2.75. The van der Waals surface area contributed by atoms with Crippen LogP contribution in [0, 0.1) is 34.5 Å². The number of Topliss-reactive ketones (excluding diaryl/α,β-unsaturated/α-hetero) is 1. The van der Waals surface area contributed by atoms with Crippen molar-refractivity contribution in [2.45, 2.75) is 64.4 Å². The number of rotatable bonds is 1. The first-order valence-corrected chi connectivity index (χ1v) is 10.00. The van der Waals surface area contributed by atoms with Crippen LogP contribution in [-0.4, -0.2) is 58.1 Å². The Morgan fingerprint density at radius 1 is 1.21 bits per heavy atom. The van der Waals surface area contributed by atoms with Gasteiger partial charge in [0.05, 0.1) is 25.2 Å². The lowest BCUT2D eigenvalue weighted by atomic mass is 9.37. The number of aliphatic hydroxyl groups excluding tert-OH is 2. The molecular formula is C21H30O7. The quantitative estimate of drug-likeness (QED) is 0.564. The molecule has 1 saturated heterocycles. The van der Waals surface area contributed by atoms with Crippen molar-refractivity contribution in [2.75, 3.05) is 7.11 Å². The predicted molar refractivity (Wildman–Crippen MR) is 97.7 cm³/mol. The van der Waals surface area contributed by atoms with Gasteiger partial charge in [-0.05, 0) is 31.3 Å². The molecule has 2 saturated carbocycles. The maximum Gasteiger partial charge on any atom is 0.306 e. The molecule has 3 N–H and O–H groups in total. The molecule has 28 heavy (non-hydrogen) atoms. The lowest BCUT2D eigenvalue weighted by molar-refractivity contribution is -0.312. The number of aliphatic hydroxyl groups is 3. The van der Waals surface area contributed by atoms with Crippen molar-refractivity contribution >= 4 is 11.8 Å². The van der Waals surface area contributed by atoms with Crippen LogP contribution in [0.3, 0.4) is 0 Å². The molecule has 4 rings (SSSR count). The molecule has 0 aromatic carbocycles. The summed E-state index contributed by atoms with van der Waals surface area (Å²) in [5.41, 5.74) is -3.54. The summed E-state index contributed by atoms with van der Waals surface area (Å²) in [6.07, 6.45) is -1.15. The normalized spacial score (nSPS) is 55.6. The van der Waals surface area contributed by atoms with Crippen molar-refractivity contribution in [2.24, 2.45) is 34.5 Å². The predicted octanol–water partition coefficient (Wildman–Crippen LogP) is 0.802. The second kappa shape index (κ2) is 5.80. The minimum absolute atomic E-state index is 0.0342. The van der Waals surface area contributed by atoms with Gasteiger partial charge in [0, 0.05) is 22.7 Å². The second-order valence-electron chi connectivity index (χ2n) is 9.79. The van der Waals surface area contributed by atoms with Gasteiger partial charge in [-0.2, -0.15) is 0 Å². The average Bonchev–Trinajstić information content (AvgIpc) is 2.62. The fourth-order valence-electron chi connectivity index (χ4n) is 7.24. The van der Waals surface area contributed by atoms with Crippen LogP contribution in [0.4, 0.5) is 0 Å². The first-order chi connectivity index (χ1) is 12.9. The summed E-state index contributed by atoms with van der Waals surface area (Å²) >= 11 is 0. The zero-order valence-electron chi connectivity index (χ0n) is 17.0. The molecule has 0 aromatic heterocycles. The molecule has 3 aliphatic carbocycles. The molecule has 1 heterocycles. The molecule has 0 unspecified atom stereocenters. The third-order valence-corrected chi connectivity index (χ3v) is 8.59. The molecule has 0 radical (unpaired) electrons. The van der Waals surface area contributed by atoms with E-state index < -0.39 is 52.5 Å². The van der Waals surface area contributed by atoms with Crippen molar-refractivity contribution in [1.29, 1.82) is 0 Å². The van der Waals surface area contributed by atoms with Gasteiger partial charge in [0.25, 0.3) is 0 Å². The van der Waals surface area contributed by atoms with Crippen molar-refractivity contribution in [3.63, 3.8) is 0 Å². The number of ether oxygens (including phenoxy) is 2. The SMILES string of the molecule is COC1=C[C@@H](C)[C@H]2C[C@H]3OC(=O)C[C@H]4[C@](C)(O)[C@H](O)[C@@H](O)[C@H]([C@@]2(C)C1=O)[C@@]34C. The summed E-state index contributed by atoms with van der Waals surface area (Å²) in [6.45, 7) is 7.16. The third-order valence-electron chi connectivity index (χ3n) is 8.59. The summed E-state index contributed by atoms with van der Waals surface area (Å²) in [4.78, 5) is 25.8. The van der Waals surface area contributed by atoms with Crippen LogP contribution in [0.25, 0.3) is 0 Å². The van der Waals surface area contributed by atoms with Crippen LogP contribution in [0.15, 0.2) is 11.8 Å². The molecule has 0 bridgehead atoms. The van der Waals surface area contributed by atoms with Crippen LogP contribution in [0.1, 0.15) is 40.5 Å². The summed E-state index contributed by atoms with van der Waals surface area (Å²) in [6, 6.07) is 0. The van der Waals surface area contributed by atoms with Crippen molar-refractivity contribution in [3.05, 3.63) is 11.8 Å². The van der Waals surface area contributed by atoms with Gasteiger partial charge in [-0.1, -0.05) is 20.8 Å². The Morgan fingerprint density at radius 2 is 1.86 bits per heavy atom. The van der Waals surface area contributed by atoms with E-state index in [1.54, 1.807) is 6.08 Å².